The number of para-hydroxylation sites is 1. The van der Waals surface area contributed by atoms with Crippen molar-refractivity contribution in [1.29, 1.82) is 0 Å². The van der Waals surface area contributed by atoms with Crippen molar-refractivity contribution < 1.29 is 9.13 Å². The Hall–Kier alpha value is -1.87. The van der Waals surface area contributed by atoms with Gasteiger partial charge in [0.2, 0.25) is 0 Å². The molecular weight excluding hydrogens is 265 g/mol. The van der Waals surface area contributed by atoms with Gasteiger partial charge in [-0.05, 0) is 43.1 Å². The smallest absolute Gasteiger partial charge is 0.126 e. The van der Waals surface area contributed by atoms with E-state index in [4.69, 9.17) is 4.74 Å². The van der Waals surface area contributed by atoms with Crippen LogP contribution in [-0.4, -0.2) is 19.2 Å². The van der Waals surface area contributed by atoms with Gasteiger partial charge >= 0.3 is 0 Å². The van der Waals surface area contributed by atoms with Crippen molar-refractivity contribution in [2.24, 2.45) is 0 Å². The molecule has 2 rings (SSSR count). The number of benzene rings is 2. The molecule has 0 radical (unpaired) electrons. The van der Waals surface area contributed by atoms with Crippen LogP contribution in [0.3, 0.4) is 0 Å². The molecule has 0 amide bonds. The third-order valence-electron chi connectivity index (χ3n) is 3.30. The molecule has 21 heavy (non-hydrogen) atoms. The van der Waals surface area contributed by atoms with Gasteiger partial charge in [-0.2, -0.15) is 0 Å². The van der Waals surface area contributed by atoms with Gasteiger partial charge in [0.1, 0.15) is 18.2 Å². The monoisotopic (exact) mass is 287 g/mol. The summed E-state index contributed by atoms with van der Waals surface area (Å²) in [6.45, 7) is 3.54. The summed E-state index contributed by atoms with van der Waals surface area (Å²) < 4.78 is 19.6. The van der Waals surface area contributed by atoms with Crippen molar-refractivity contribution >= 4 is 0 Å². The molecule has 1 N–H and O–H groups in total. The van der Waals surface area contributed by atoms with E-state index in [-0.39, 0.29) is 11.9 Å². The van der Waals surface area contributed by atoms with Crippen LogP contribution in [0.5, 0.6) is 5.75 Å². The maximum absolute atomic E-state index is 13.8. The van der Waals surface area contributed by atoms with Crippen LogP contribution in [0.2, 0.25) is 0 Å². The van der Waals surface area contributed by atoms with E-state index >= 15 is 0 Å². The van der Waals surface area contributed by atoms with Crippen LogP contribution >= 0.6 is 0 Å². The molecule has 2 nitrogen and oxygen atoms in total. The second kappa shape index (κ2) is 8.42. The third-order valence-corrected chi connectivity index (χ3v) is 3.30. The zero-order valence-corrected chi connectivity index (χ0v) is 12.4. The Kier molecular flexibility index (Phi) is 6.22. The number of ether oxygens (including phenoxy) is 1. The van der Waals surface area contributed by atoms with Crippen molar-refractivity contribution in [1.82, 2.24) is 5.32 Å². The molecule has 1 atom stereocenters. The van der Waals surface area contributed by atoms with Gasteiger partial charge in [0, 0.05) is 6.04 Å². The fraction of sp³-hybridized carbons (Fsp3) is 0.333. The average molecular weight is 287 g/mol. The quantitative estimate of drug-likeness (QED) is 0.797. The normalized spacial score (nSPS) is 12.1. The summed E-state index contributed by atoms with van der Waals surface area (Å²) in [5.41, 5.74) is 0.725. The van der Waals surface area contributed by atoms with Crippen molar-refractivity contribution in [3.8, 4) is 5.75 Å². The minimum Gasteiger partial charge on any atom is -0.492 e. The summed E-state index contributed by atoms with van der Waals surface area (Å²) >= 11 is 0. The molecule has 0 spiro atoms. The van der Waals surface area contributed by atoms with Crippen molar-refractivity contribution in [2.75, 3.05) is 13.2 Å². The SMILES string of the molecule is CCCNC(COc1ccccc1)Cc1ccccc1F. The first-order valence-electron chi connectivity index (χ1n) is 7.44. The van der Waals surface area contributed by atoms with Crippen LogP contribution in [-0.2, 0) is 6.42 Å². The standard InChI is InChI=1S/C18H22FNO/c1-2-12-20-16(13-15-8-6-7-11-18(15)19)14-21-17-9-4-3-5-10-17/h3-11,16,20H,2,12-14H2,1H3. The van der Waals surface area contributed by atoms with Gasteiger partial charge in [-0.25, -0.2) is 4.39 Å². The highest BCUT2D eigenvalue weighted by molar-refractivity contribution is 5.21. The van der Waals surface area contributed by atoms with E-state index in [0.717, 1.165) is 24.3 Å². The third kappa shape index (κ3) is 5.20. The fourth-order valence-corrected chi connectivity index (χ4v) is 2.18. The summed E-state index contributed by atoms with van der Waals surface area (Å²) in [7, 11) is 0. The van der Waals surface area contributed by atoms with Gasteiger partial charge in [0.05, 0.1) is 0 Å². The summed E-state index contributed by atoms with van der Waals surface area (Å²) in [5.74, 6) is 0.690. The minimum atomic E-state index is -0.152. The molecule has 1 unspecified atom stereocenters. The fourth-order valence-electron chi connectivity index (χ4n) is 2.18. The predicted molar refractivity (Wildman–Crippen MR) is 84.1 cm³/mol. The molecule has 112 valence electrons. The molecule has 0 heterocycles. The van der Waals surface area contributed by atoms with E-state index in [0.29, 0.717) is 13.0 Å². The Bertz CT molecular complexity index is 530. The average Bonchev–Trinajstić information content (AvgIpc) is 2.53. The molecule has 0 aliphatic rings. The maximum atomic E-state index is 13.8. The van der Waals surface area contributed by atoms with Crippen LogP contribution in [0.15, 0.2) is 54.6 Å². The lowest BCUT2D eigenvalue weighted by Crippen LogP contribution is -2.37. The maximum Gasteiger partial charge on any atom is 0.126 e. The molecule has 2 aromatic rings. The Morgan fingerprint density at radius 2 is 1.76 bits per heavy atom. The molecule has 0 saturated heterocycles. The Morgan fingerprint density at radius 1 is 1.05 bits per heavy atom. The molecule has 2 aromatic carbocycles. The molecule has 0 aliphatic heterocycles. The lowest BCUT2D eigenvalue weighted by Gasteiger charge is -2.19. The minimum absolute atomic E-state index is 0.0991. The summed E-state index contributed by atoms with van der Waals surface area (Å²) in [5, 5.41) is 3.42. The molecule has 0 bridgehead atoms. The molecule has 3 heteroatoms. The van der Waals surface area contributed by atoms with Crippen molar-refractivity contribution in [3.63, 3.8) is 0 Å². The Labute approximate surface area is 126 Å². The molecule has 0 aliphatic carbocycles. The largest absolute Gasteiger partial charge is 0.492 e. The molecular formula is C18H22FNO. The molecule has 0 aromatic heterocycles. The molecule has 0 fully saturated rings. The van der Waals surface area contributed by atoms with Gasteiger partial charge in [0.15, 0.2) is 0 Å². The first-order valence-corrected chi connectivity index (χ1v) is 7.44. The first kappa shape index (κ1) is 15.5. The van der Waals surface area contributed by atoms with Crippen molar-refractivity contribution in [2.45, 2.75) is 25.8 Å². The topological polar surface area (TPSA) is 21.3 Å². The highest BCUT2D eigenvalue weighted by atomic mass is 19.1. The zero-order chi connectivity index (χ0) is 14.9. The van der Waals surface area contributed by atoms with E-state index in [1.807, 2.05) is 42.5 Å². The van der Waals surface area contributed by atoms with E-state index in [2.05, 4.69) is 12.2 Å². The summed E-state index contributed by atoms with van der Waals surface area (Å²) in [6.07, 6.45) is 1.67. The number of hydrogen-bond donors (Lipinski definition) is 1. The molecule has 0 saturated carbocycles. The van der Waals surface area contributed by atoms with Crippen molar-refractivity contribution in [3.05, 3.63) is 66.0 Å². The number of hydrogen-bond acceptors (Lipinski definition) is 2. The highest BCUT2D eigenvalue weighted by Gasteiger charge is 2.12. The Morgan fingerprint density at radius 3 is 2.48 bits per heavy atom. The van der Waals surface area contributed by atoms with Crippen LogP contribution in [0, 0.1) is 5.82 Å². The van der Waals surface area contributed by atoms with E-state index in [1.54, 1.807) is 6.07 Å². The first-order chi connectivity index (χ1) is 10.3. The summed E-state index contributed by atoms with van der Waals surface area (Å²) in [6, 6.07) is 16.7. The van der Waals surface area contributed by atoms with Gasteiger partial charge in [-0.15, -0.1) is 0 Å². The zero-order valence-electron chi connectivity index (χ0n) is 12.4. The van der Waals surface area contributed by atoms with Crippen LogP contribution < -0.4 is 10.1 Å². The number of rotatable bonds is 8. The highest BCUT2D eigenvalue weighted by Crippen LogP contribution is 2.12. The van der Waals surface area contributed by atoms with E-state index < -0.39 is 0 Å². The van der Waals surface area contributed by atoms with Gasteiger partial charge in [-0.1, -0.05) is 43.3 Å². The lowest BCUT2D eigenvalue weighted by atomic mass is 10.1. The van der Waals surface area contributed by atoms with Gasteiger partial charge < -0.3 is 10.1 Å². The van der Waals surface area contributed by atoms with Crippen LogP contribution in [0.4, 0.5) is 4.39 Å². The number of nitrogens with one attached hydrogen (secondary N) is 1. The number of halogens is 1. The van der Waals surface area contributed by atoms with Crippen LogP contribution in [0.1, 0.15) is 18.9 Å². The van der Waals surface area contributed by atoms with Crippen LogP contribution in [0.25, 0.3) is 0 Å². The van der Waals surface area contributed by atoms with E-state index in [9.17, 15) is 4.39 Å². The summed E-state index contributed by atoms with van der Waals surface area (Å²) in [4.78, 5) is 0. The Balaban J connectivity index is 1.96. The lowest BCUT2D eigenvalue weighted by molar-refractivity contribution is 0.262. The van der Waals surface area contributed by atoms with Gasteiger partial charge in [-0.3, -0.25) is 0 Å². The predicted octanol–water partition coefficient (Wildman–Crippen LogP) is 3.82. The second-order valence-electron chi connectivity index (χ2n) is 5.07. The van der Waals surface area contributed by atoms with E-state index in [1.165, 1.54) is 6.07 Å². The second-order valence-corrected chi connectivity index (χ2v) is 5.07. The van der Waals surface area contributed by atoms with Gasteiger partial charge in [0.25, 0.3) is 0 Å².